The van der Waals surface area contributed by atoms with E-state index in [1.807, 2.05) is 24.3 Å². The largest absolute Gasteiger partial charge is 0.493 e. The Balaban J connectivity index is 1.80. The number of halogens is 1. The molecule has 0 aliphatic heterocycles. The predicted octanol–water partition coefficient (Wildman–Crippen LogP) is 5.04. The normalized spacial score (nSPS) is 18.9. The van der Waals surface area contributed by atoms with Crippen LogP contribution in [0.2, 0.25) is 0 Å². The Kier molecular flexibility index (Phi) is 4.90. The van der Waals surface area contributed by atoms with E-state index in [1.165, 1.54) is 32.1 Å². The van der Waals surface area contributed by atoms with Crippen LogP contribution in [0.25, 0.3) is 0 Å². The van der Waals surface area contributed by atoms with E-state index < -0.39 is 0 Å². The van der Waals surface area contributed by atoms with Crippen molar-refractivity contribution in [2.75, 3.05) is 6.61 Å². The van der Waals surface area contributed by atoms with E-state index in [1.54, 1.807) is 0 Å². The molecule has 0 amide bonds. The average molecular weight is 297 g/mol. The molecule has 2 rings (SSSR count). The molecule has 0 heterocycles. The van der Waals surface area contributed by atoms with Crippen LogP contribution in [-0.4, -0.2) is 6.61 Å². The number of hydrogen-bond acceptors (Lipinski definition) is 1. The Morgan fingerprint density at radius 2 is 2.06 bits per heavy atom. The van der Waals surface area contributed by atoms with Crippen molar-refractivity contribution in [3.8, 4) is 5.75 Å². The van der Waals surface area contributed by atoms with Gasteiger partial charge in [0.05, 0.1) is 6.61 Å². The van der Waals surface area contributed by atoms with Gasteiger partial charge >= 0.3 is 0 Å². The summed E-state index contributed by atoms with van der Waals surface area (Å²) in [5.74, 6) is 2.52. The third-order valence-electron chi connectivity index (χ3n) is 3.76. The molecule has 0 spiro atoms. The van der Waals surface area contributed by atoms with Crippen molar-refractivity contribution in [1.29, 1.82) is 0 Å². The predicted molar refractivity (Wildman–Crippen MR) is 75.4 cm³/mol. The fraction of sp³-hybridized carbons (Fsp3) is 0.600. The highest BCUT2D eigenvalue weighted by Gasteiger charge is 2.20. The van der Waals surface area contributed by atoms with Crippen molar-refractivity contribution in [3.05, 3.63) is 28.7 Å². The summed E-state index contributed by atoms with van der Waals surface area (Å²) in [4.78, 5) is 0. The lowest BCUT2D eigenvalue weighted by molar-refractivity contribution is 0.175. The lowest BCUT2D eigenvalue weighted by Gasteiger charge is -2.27. The Bertz CT molecular complexity index is 345. The van der Waals surface area contributed by atoms with E-state index in [4.69, 9.17) is 4.74 Å². The molecule has 94 valence electrons. The van der Waals surface area contributed by atoms with Crippen LogP contribution < -0.4 is 4.74 Å². The van der Waals surface area contributed by atoms with Gasteiger partial charge in [-0.25, -0.2) is 0 Å². The molecule has 1 unspecified atom stereocenters. The van der Waals surface area contributed by atoms with Crippen molar-refractivity contribution in [3.63, 3.8) is 0 Å². The Morgan fingerprint density at radius 3 is 2.76 bits per heavy atom. The third kappa shape index (κ3) is 4.02. The fourth-order valence-corrected chi connectivity index (χ4v) is 3.00. The first kappa shape index (κ1) is 12.9. The molecular weight excluding hydrogens is 276 g/mol. The van der Waals surface area contributed by atoms with Crippen LogP contribution in [-0.2, 0) is 0 Å². The molecule has 1 aliphatic carbocycles. The summed E-state index contributed by atoms with van der Waals surface area (Å²) in [5.41, 5.74) is 0. The molecule has 1 atom stereocenters. The van der Waals surface area contributed by atoms with Crippen molar-refractivity contribution in [1.82, 2.24) is 0 Å². The van der Waals surface area contributed by atoms with Gasteiger partial charge in [-0.05, 0) is 30.0 Å². The number of hydrogen-bond donors (Lipinski definition) is 0. The van der Waals surface area contributed by atoms with E-state index in [9.17, 15) is 0 Å². The summed E-state index contributed by atoms with van der Waals surface area (Å²) in [6, 6.07) is 8.11. The van der Waals surface area contributed by atoms with Gasteiger partial charge in [-0.1, -0.05) is 61.0 Å². The molecule has 1 aromatic rings. The van der Waals surface area contributed by atoms with Gasteiger partial charge in [-0.2, -0.15) is 0 Å². The van der Waals surface area contributed by atoms with E-state index >= 15 is 0 Å². The standard InChI is InChI=1S/C15H21BrO/c1-12(13-6-3-2-4-7-13)11-17-15-9-5-8-14(16)10-15/h5,8-10,12-13H,2-4,6-7,11H2,1H3. The van der Waals surface area contributed by atoms with Crippen LogP contribution >= 0.6 is 15.9 Å². The van der Waals surface area contributed by atoms with Crippen LogP contribution in [0, 0.1) is 11.8 Å². The average Bonchev–Trinajstić information content (AvgIpc) is 2.37. The highest BCUT2D eigenvalue weighted by atomic mass is 79.9. The van der Waals surface area contributed by atoms with E-state index in [0.29, 0.717) is 5.92 Å². The molecule has 2 heteroatoms. The van der Waals surface area contributed by atoms with Gasteiger partial charge < -0.3 is 4.74 Å². The van der Waals surface area contributed by atoms with Gasteiger partial charge in [0.25, 0.3) is 0 Å². The molecule has 0 radical (unpaired) electrons. The van der Waals surface area contributed by atoms with Crippen LogP contribution in [0.1, 0.15) is 39.0 Å². The van der Waals surface area contributed by atoms with Gasteiger partial charge in [-0.15, -0.1) is 0 Å². The van der Waals surface area contributed by atoms with Gasteiger partial charge in [0.2, 0.25) is 0 Å². The smallest absolute Gasteiger partial charge is 0.120 e. The first-order valence-electron chi connectivity index (χ1n) is 6.64. The first-order valence-corrected chi connectivity index (χ1v) is 7.43. The quantitative estimate of drug-likeness (QED) is 0.756. The minimum Gasteiger partial charge on any atom is -0.493 e. The molecule has 0 saturated heterocycles. The monoisotopic (exact) mass is 296 g/mol. The Labute approximate surface area is 113 Å². The van der Waals surface area contributed by atoms with Crippen LogP contribution in [0.3, 0.4) is 0 Å². The maximum absolute atomic E-state index is 5.87. The summed E-state index contributed by atoms with van der Waals surface area (Å²) in [7, 11) is 0. The summed E-state index contributed by atoms with van der Waals surface area (Å²) < 4.78 is 6.96. The summed E-state index contributed by atoms with van der Waals surface area (Å²) in [6.45, 7) is 3.18. The Hall–Kier alpha value is -0.500. The van der Waals surface area contributed by atoms with Crippen molar-refractivity contribution in [2.24, 2.45) is 11.8 Å². The molecule has 0 N–H and O–H groups in total. The summed E-state index contributed by atoms with van der Waals surface area (Å²) in [5, 5.41) is 0. The number of benzene rings is 1. The zero-order chi connectivity index (χ0) is 12.1. The molecule has 1 nitrogen and oxygen atoms in total. The highest BCUT2D eigenvalue weighted by Crippen LogP contribution is 2.30. The van der Waals surface area contributed by atoms with E-state index in [0.717, 1.165) is 22.7 Å². The van der Waals surface area contributed by atoms with Gasteiger partial charge in [0, 0.05) is 4.47 Å². The van der Waals surface area contributed by atoms with Gasteiger partial charge in [-0.3, -0.25) is 0 Å². The molecule has 1 aromatic carbocycles. The first-order chi connectivity index (χ1) is 8.25. The summed E-state index contributed by atoms with van der Waals surface area (Å²) >= 11 is 3.47. The van der Waals surface area contributed by atoms with Crippen LogP contribution in [0.15, 0.2) is 28.7 Å². The molecule has 1 saturated carbocycles. The summed E-state index contributed by atoms with van der Waals surface area (Å²) in [6.07, 6.45) is 7.03. The van der Waals surface area contributed by atoms with Gasteiger partial charge in [0.1, 0.15) is 5.75 Å². The SMILES string of the molecule is CC(COc1cccc(Br)c1)C1CCCCC1. The fourth-order valence-electron chi connectivity index (χ4n) is 2.62. The lowest BCUT2D eigenvalue weighted by atomic mass is 9.81. The zero-order valence-corrected chi connectivity index (χ0v) is 12.1. The second-order valence-electron chi connectivity index (χ2n) is 5.14. The minimum atomic E-state index is 0.675. The van der Waals surface area contributed by atoms with Crippen molar-refractivity contribution in [2.45, 2.75) is 39.0 Å². The second-order valence-corrected chi connectivity index (χ2v) is 6.06. The highest BCUT2D eigenvalue weighted by molar-refractivity contribution is 9.10. The minimum absolute atomic E-state index is 0.675. The molecule has 1 fully saturated rings. The topological polar surface area (TPSA) is 9.23 Å². The lowest BCUT2D eigenvalue weighted by Crippen LogP contribution is -2.21. The number of rotatable bonds is 4. The molecule has 17 heavy (non-hydrogen) atoms. The van der Waals surface area contributed by atoms with Crippen LogP contribution in [0.4, 0.5) is 0 Å². The van der Waals surface area contributed by atoms with Crippen molar-refractivity contribution < 1.29 is 4.74 Å². The molecule has 0 aromatic heterocycles. The molecule has 0 bridgehead atoms. The maximum Gasteiger partial charge on any atom is 0.120 e. The van der Waals surface area contributed by atoms with Crippen molar-refractivity contribution >= 4 is 15.9 Å². The van der Waals surface area contributed by atoms with E-state index in [-0.39, 0.29) is 0 Å². The number of ether oxygens (including phenoxy) is 1. The third-order valence-corrected chi connectivity index (χ3v) is 4.26. The van der Waals surface area contributed by atoms with E-state index in [2.05, 4.69) is 22.9 Å². The van der Waals surface area contributed by atoms with Gasteiger partial charge in [0.15, 0.2) is 0 Å². The maximum atomic E-state index is 5.87. The molecular formula is C15H21BrO. The molecule has 1 aliphatic rings. The second kappa shape index (κ2) is 6.44. The Morgan fingerprint density at radius 1 is 1.29 bits per heavy atom. The van der Waals surface area contributed by atoms with Crippen LogP contribution in [0.5, 0.6) is 5.75 Å². The zero-order valence-electron chi connectivity index (χ0n) is 10.5.